The van der Waals surface area contributed by atoms with Gasteiger partial charge < -0.3 is 4.74 Å². The number of benzene rings is 1. The molecule has 0 saturated heterocycles. The maximum atomic E-state index is 10.8. The van der Waals surface area contributed by atoms with Crippen LogP contribution in [0.1, 0.15) is 45.2 Å². The van der Waals surface area contributed by atoms with E-state index in [9.17, 15) is 4.79 Å². The lowest BCUT2D eigenvalue weighted by Crippen LogP contribution is -2.01. The van der Waals surface area contributed by atoms with E-state index in [1.807, 2.05) is 58.9 Å². The summed E-state index contributed by atoms with van der Waals surface area (Å²) in [4.78, 5) is 10.8. The van der Waals surface area contributed by atoms with Crippen molar-refractivity contribution in [3.8, 4) is 0 Å². The highest BCUT2D eigenvalue weighted by atomic mass is 16.5. The van der Waals surface area contributed by atoms with Gasteiger partial charge >= 0.3 is 5.97 Å². The minimum Gasteiger partial charge on any atom is -0.469 e. The number of rotatable bonds is 3. The number of hydrogen-bond donors (Lipinski definition) is 0. The summed E-state index contributed by atoms with van der Waals surface area (Å²) in [6.07, 6.45) is 1.21. The zero-order chi connectivity index (χ0) is 13.7. The van der Waals surface area contributed by atoms with Gasteiger partial charge in [-0.2, -0.15) is 0 Å². The molecule has 2 heteroatoms. The minimum absolute atomic E-state index is 0.152. The molecule has 0 bridgehead atoms. The van der Waals surface area contributed by atoms with Crippen LogP contribution in [0.5, 0.6) is 0 Å². The van der Waals surface area contributed by atoms with Crippen LogP contribution in [0.3, 0.4) is 0 Å². The SMILES string of the molecule is CC.CC.COC(=O)CCc1ccc(C)cc1. The third-order valence-corrected chi connectivity index (χ3v) is 1.97. The molecule has 0 fully saturated rings. The Hall–Kier alpha value is -1.31. The van der Waals surface area contributed by atoms with E-state index in [0.717, 1.165) is 6.42 Å². The number of ether oxygens (including phenoxy) is 1. The molecule has 1 aromatic rings. The molecule has 0 heterocycles. The van der Waals surface area contributed by atoms with Crippen molar-refractivity contribution in [2.75, 3.05) is 7.11 Å². The van der Waals surface area contributed by atoms with Gasteiger partial charge in [0.25, 0.3) is 0 Å². The first-order chi connectivity index (χ1) is 8.22. The number of aryl methyl sites for hydroxylation is 2. The maximum Gasteiger partial charge on any atom is 0.305 e. The van der Waals surface area contributed by atoms with E-state index < -0.39 is 0 Å². The van der Waals surface area contributed by atoms with Gasteiger partial charge in [0, 0.05) is 6.42 Å². The van der Waals surface area contributed by atoms with Crippen LogP contribution in [0.2, 0.25) is 0 Å². The first kappa shape index (κ1) is 18.1. The molecular weight excluding hydrogens is 212 g/mol. The fraction of sp³-hybridized carbons (Fsp3) is 0.533. The third-order valence-electron chi connectivity index (χ3n) is 1.97. The quantitative estimate of drug-likeness (QED) is 0.739. The molecule has 98 valence electrons. The minimum atomic E-state index is -0.152. The van der Waals surface area contributed by atoms with Crippen molar-refractivity contribution in [2.24, 2.45) is 0 Å². The fourth-order valence-electron chi connectivity index (χ4n) is 1.10. The van der Waals surface area contributed by atoms with Gasteiger partial charge in [0.15, 0.2) is 0 Å². The van der Waals surface area contributed by atoms with Gasteiger partial charge in [0.2, 0.25) is 0 Å². The maximum absolute atomic E-state index is 10.8. The van der Waals surface area contributed by atoms with Gasteiger partial charge in [-0.25, -0.2) is 0 Å². The van der Waals surface area contributed by atoms with Crippen molar-refractivity contribution in [1.29, 1.82) is 0 Å². The molecule has 0 aromatic heterocycles. The Balaban J connectivity index is 0. The van der Waals surface area contributed by atoms with E-state index in [1.54, 1.807) is 0 Å². The molecule has 17 heavy (non-hydrogen) atoms. The lowest BCUT2D eigenvalue weighted by atomic mass is 10.1. The average Bonchev–Trinajstić information content (AvgIpc) is 2.42. The van der Waals surface area contributed by atoms with E-state index in [-0.39, 0.29) is 5.97 Å². The molecule has 0 atom stereocenters. The summed E-state index contributed by atoms with van der Waals surface area (Å²) in [5, 5.41) is 0. The van der Waals surface area contributed by atoms with Crippen LogP contribution in [-0.4, -0.2) is 13.1 Å². The predicted octanol–water partition coefficient (Wildman–Crippen LogP) is 4.15. The highest BCUT2D eigenvalue weighted by Gasteiger charge is 2.00. The second kappa shape index (κ2) is 12.8. The van der Waals surface area contributed by atoms with Gasteiger partial charge in [-0.1, -0.05) is 57.5 Å². The number of esters is 1. The van der Waals surface area contributed by atoms with Crippen LogP contribution >= 0.6 is 0 Å². The van der Waals surface area contributed by atoms with E-state index in [1.165, 1.54) is 18.2 Å². The Bertz CT molecular complexity index is 275. The van der Waals surface area contributed by atoms with E-state index in [2.05, 4.69) is 4.74 Å². The van der Waals surface area contributed by atoms with Crippen molar-refractivity contribution in [3.63, 3.8) is 0 Å². The first-order valence-electron chi connectivity index (χ1n) is 6.34. The summed E-state index contributed by atoms with van der Waals surface area (Å²) in [7, 11) is 1.41. The second-order valence-corrected chi connectivity index (χ2v) is 3.06. The fourth-order valence-corrected chi connectivity index (χ4v) is 1.10. The Morgan fingerprint density at radius 1 is 1.06 bits per heavy atom. The molecule has 1 rings (SSSR count). The molecule has 0 aliphatic rings. The summed E-state index contributed by atoms with van der Waals surface area (Å²) in [6, 6.07) is 8.18. The van der Waals surface area contributed by atoms with Crippen LogP contribution in [0.25, 0.3) is 0 Å². The molecule has 2 nitrogen and oxygen atoms in total. The first-order valence-corrected chi connectivity index (χ1v) is 6.34. The summed E-state index contributed by atoms with van der Waals surface area (Å²) in [5.74, 6) is -0.152. The van der Waals surface area contributed by atoms with Crippen LogP contribution in [0.4, 0.5) is 0 Å². The molecule has 0 aliphatic carbocycles. The summed E-state index contributed by atoms with van der Waals surface area (Å²) in [5.41, 5.74) is 2.41. The summed E-state index contributed by atoms with van der Waals surface area (Å²) < 4.78 is 4.56. The van der Waals surface area contributed by atoms with Crippen molar-refractivity contribution < 1.29 is 9.53 Å². The molecular formula is C15H26O2. The van der Waals surface area contributed by atoms with Crippen molar-refractivity contribution in [3.05, 3.63) is 35.4 Å². The van der Waals surface area contributed by atoms with Crippen LogP contribution in [0.15, 0.2) is 24.3 Å². The van der Waals surface area contributed by atoms with Gasteiger partial charge in [0.05, 0.1) is 7.11 Å². The molecule has 0 aliphatic heterocycles. The van der Waals surface area contributed by atoms with Crippen LogP contribution < -0.4 is 0 Å². The van der Waals surface area contributed by atoms with Crippen molar-refractivity contribution in [1.82, 2.24) is 0 Å². The Morgan fingerprint density at radius 3 is 1.94 bits per heavy atom. The van der Waals surface area contributed by atoms with E-state index >= 15 is 0 Å². The lowest BCUT2D eigenvalue weighted by Gasteiger charge is -2.00. The number of carbonyl (C=O) groups is 1. The summed E-state index contributed by atoms with van der Waals surface area (Å²) in [6.45, 7) is 10.0. The smallest absolute Gasteiger partial charge is 0.305 e. The molecule has 1 aromatic carbocycles. The zero-order valence-electron chi connectivity index (χ0n) is 12.0. The third kappa shape index (κ3) is 9.61. The van der Waals surface area contributed by atoms with E-state index in [4.69, 9.17) is 0 Å². The standard InChI is InChI=1S/C11H14O2.2C2H6/c1-9-3-5-10(6-4-9)7-8-11(12)13-2;2*1-2/h3-6H,7-8H2,1-2H3;2*1-2H3. The van der Waals surface area contributed by atoms with Crippen molar-refractivity contribution >= 4 is 5.97 Å². The summed E-state index contributed by atoms with van der Waals surface area (Å²) >= 11 is 0. The number of carbonyl (C=O) groups excluding carboxylic acids is 1. The molecule has 0 amide bonds. The second-order valence-electron chi connectivity index (χ2n) is 3.06. The van der Waals surface area contributed by atoms with Gasteiger partial charge in [-0.3, -0.25) is 4.79 Å². The predicted molar refractivity (Wildman–Crippen MR) is 74.2 cm³/mol. The molecule has 0 N–H and O–H groups in total. The van der Waals surface area contributed by atoms with E-state index in [0.29, 0.717) is 6.42 Å². The molecule has 0 unspecified atom stereocenters. The largest absolute Gasteiger partial charge is 0.469 e. The Morgan fingerprint density at radius 2 is 1.53 bits per heavy atom. The topological polar surface area (TPSA) is 26.3 Å². The highest BCUT2D eigenvalue weighted by molar-refractivity contribution is 5.69. The molecule has 0 saturated carbocycles. The highest BCUT2D eigenvalue weighted by Crippen LogP contribution is 2.05. The van der Waals surface area contributed by atoms with Gasteiger partial charge in [-0.05, 0) is 18.9 Å². The molecule has 0 spiro atoms. The normalized spacial score (nSPS) is 8.12. The average molecular weight is 238 g/mol. The molecule has 0 radical (unpaired) electrons. The van der Waals surface area contributed by atoms with Gasteiger partial charge in [0.1, 0.15) is 0 Å². The monoisotopic (exact) mass is 238 g/mol. The zero-order valence-corrected chi connectivity index (χ0v) is 12.0. The van der Waals surface area contributed by atoms with Gasteiger partial charge in [-0.15, -0.1) is 0 Å². The Kier molecular flexibility index (Phi) is 13.6. The lowest BCUT2D eigenvalue weighted by molar-refractivity contribution is -0.140. The van der Waals surface area contributed by atoms with Crippen molar-refractivity contribution in [2.45, 2.75) is 47.5 Å². The number of hydrogen-bond acceptors (Lipinski definition) is 2. The van der Waals surface area contributed by atoms with Crippen LogP contribution in [-0.2, 0) is 16.0 Å². The number of methoxy groups -OCH3 is 1. The Labute approximate surface area is 106 Å². The van der Waals surface area contributed by atoms with Crippen LogP contribution in [0, 0.1) is 6.92 Å².